The van der Waals surface area contributed by atoms with E-state index in [4.69, 9.17) is 9.47 Å². The average molecular weight is 392 g/mol. The number of ketones is 1. The van der Waals surface area contributed by atoms with Crippen molar-refractivity contribution in [3.8, 4) is 5.75 Å². The van der Waals surface area contributed by atoms with Crippen molar-refractivity contribution in [1.29, 1.82) is 0 Å². The number of rotatable bonds is 7. The van der Waals surface area contributed by atoms with Crippen LogP contribution in [0.25, 0.3) is 0 Å². The van der Waals surface area contributed by atoms with Crippen LogP contribution in [-0.2, 0) is 9.53 Å². The molecule has 0 bridgehead atoms. The van der Waals surface area contributed by atoms with Gasteiger partial charge in [-0.2, -0.15) is 0 Å². The minimum atomic E-state index is -1.18. The van der Waals surface area contributed by atoms with Gasteiger partial charge in [-0.05, 0) is 25.1 Å². The van der Waals surface area contributed by atoms with Crippen molar-refractivity contribution in [3.05, 3.63) is 83.7 Å². The summed E-state index contributed by atoms with van der Waals surface area (Å²) in [5, 5.41) is 2.74. The summed E-state index contributed by atoms with van der Waals surface area (Å²) < 4.78 is 10.6. The number of anilines is 1. The highest BCUT2D eigenvalue weighted by Crippen LogP contribution is 2.23. The highest BCUT2D eigenvalue weighted by Gasteiger charge is 2.26. The number of carbonyl (C=O) groups is 3. The summed E-state index contributed by atoms with van der Waals surface area (Å²) in [4.78, 5) is 39.6. The second-order valence-electron chi connectivity index (χ2n) is 6.28. The molecule has 2 N–H and O–H groups in total. The Morgan fingerprint density at radius 3 is 2.41 bits per heavy atom. The molecule has 1 heterocycles. The minimum Gasteiger partial charge on any atom is -0.497 e. The van der Waals surface area contributed by atoms with Gasteiger partial charge >= 0.3 is 5.97 Å². The number of hydrogen-bond acceptors (Lipinski definition) is 5. The van der Waals surface area contributed by atoms with Gasteiger partial charge in [0.05, 0.1) is 7.11 Å². The van der Waals surface area contributed by atoms with E-state index < -0.39 is 18.0 Å². The molecule has 0 aliphatic carbocycles. The number of methoxy groups -OCH3 is 1. The SMILES string of the molecule is COc1cccc(NC(=O)[C@H](OC(=O)c2cc(C(C)=O)c[nH]2)c2ccccc2)c1. The molecule has 0 fully saturated rings. The van der Waals surface area contributed by atoms with Crippen LogP contribution in [0.4, 0.5) is 5.69 Å². The number of benzene rings is 2. The van der Waals surface area contributed by atoms with Crippen molar-refractivity contribution in [2.24, 2.45) is 0 Å². The maximum absolute atomic E-state index is 12.9. The second-order valence-corrected chi connectivity index (χ2v) is 6.28. The zero-order valence-electron chi connectivity index (χ0n) is 16.0. The maximum atomic E-state index is 12.9. The Balaban J connectivity index is 1.83. The predicted octanol–water partition coefficient (Wildman–Crippen LogP) is 3.76. The molecule has 1 amide bonds. The van der Waals surface area contributed by atoms with E-state index in [1.807, 2.05) is 0 Å². The fourth-order valence-corrected chi connectivity index (χ4v) is 2.70. The van der Waals surface area contributed by atoms with Crippen LogP contribution in [0.1, 0.15) is 39.4 Å². The van der Waals surface area contributed by atoms with E-state index in [0.717, 1.165) is 0 Å². The number of nitrogens with one attached hydrogen (secondary N) is 2. The monoisotopic (exact) mass is 392 g/mol. The third kappa shape index (κ3) is 4.90. The summed E-state index contributed by atoms with van der Waals surface area (Å²) in [6, 6.07) is 16.9. The van der Waals surface area contributed by atoms with Gasteiger partial charge in [0.15, 0.2) is 5.78 Å². The Kier molecular flexibility index (Phi) is 6.09. The molecule has 29 heavy (non-hydrogen) atoms. The summed E-state index contributed by atoms with van der Waals surface area (Å²) in [5.74, 6) is -0.863. The largest absolute Gasteiger partial charge is 0.497 e. The minimum absolute atomic E-state index is 0.0883. The molecular weight excluding hydrogens is 372 g/mol. The molecule has 0 saturated carbocycles. The summed E-state index contributed by atoms with van der Waals surface area (Å²) in [5.41, 5.74) is 1.46. The molecule has 2 aromatic carbocycles. The first-order chi connectivity index (χ1) is 14.0. The van der Waals surface area contributed by atoms with Crippen molar-refractivity contribution in [1.82, 2.24) is 4.98 Å². The van der Waals surface area contributed by atoms with Crippen LogP contribution in [0.5, 0.6) is 5.75 Å². The summed E-state index contributed by atoms with van der Waals surface area (Å²) >= 11 is 0. The number of esters is 1. The first-order valence-electron chi connectivity index (χ1n) is 8.88. The molecule has 0 aliphatic rings. The quantitative estimate of drug-likeness (QED) is 0.471. The fraction of sp³-hybridized carbons (Fsp3) is 0.136. The highest BCUT2D eigenvalue weighted by molar-refractivity contribution is 6.00. The Hall–Kier alpha value is -3.87. The van der Waals surface area contributed by atoms with E-state index in [-0.39, 0.29) is 11.5 Å². The zero-order valence-corrected chi connectivity index (χ0v) is 16.0. The van der Waals surface area contributed by atoms with E-state index in [1.165, 1.54) is 26.3 Å². The highest BCUT2D eigenvalue weighted by atomic mass is 16.5. The molecule has 3 aromatic rings. The van der Waals surface area contributed by atoms with E-state index in [9.17, 15) is 14.4 Å². The fourth-order valence-electron chi connectivity index (χ4n) is 2.70. The molecule has 0 radical (unpaired) electrons. The summed E-state index contributed by atoms with van der Waals surface area (Å²) in [6.45, 7) is 1.40. The van der Waals surface area contributed by atoms with Gasteiger partial charge in [0.25, 0.3) is 5.91 Å². The molecule has 0 spiro atoms. The lowest BCUT2D eigenvalue weighted by molar-refractivity contribution is -0.125. The van der Waals surface area contributed by atoms with Crippen LogP contribution in [0.3, 0.4) is 0 Å². The number of ether oxygens (including phenoxy) is 2. The van der Waals surface area contributed by atoms with Gasteiger partial charge in [-0.15, -0.1) is 0 Å². The van der Waals surface area contributed by atoms with Crippen LogP contribution < -0.4 is 10.1 Å². The lowest BCUT2D eigenvalue weighted by Crippen LogP contribution is -2.26. The van der Waals surface area contributed by atoms with Gasteiger partial charge in [0.1, 0.15) is 11.4 Å². The molecule has 3 rings (SSSR count). The van der Waals surface area contributed by atoms with E-state index >= 15 is 0 Å². The first-order valence-corrected chi connectivity index (χ1v) is 8.88. The normalized spacial score (nSPS) is 11.4. The Labute approximate surface area is 167 Å². The van der Waals surface area contributed by atoms with Gasteiger partial charge in [0.2, 0.25) is 6.10 Å². The third-order valence-electron chi connectivity index (χ3n) is 4.21. The van der Waals surface area contributed by atoms with Crippen molar-refractivity contribution < 1.29 is 23.9 Å². The number of aromatic nitrogens is 1. The van der Waals surface area contributed by atoms with Crippen LogP contribution in [0, 0.1) is 0 Å². The molecule has 7 heteroatoms. The van der Waals surface area contributed by atoms with Gasteiger partial charge in [-0.1, -0.05) is 36.4 Å². The van der Waals surface area contributed by atoms with Gasteiger partial charge in [-0.3, -0.25) is 9.59 Å². The smallest absolute Gasteiger partial charge is 0.355 e. The molecule has 0 aliphatic heterocycles. The number of carbonyl (C=O) groups excluding carboxylic acids is 3. The van der Waals surface area contributed by atoms with Crippen LogP contribution in [-0.4, -0.2) is 29.8 Å². The lowest BCUT2D eigenvalue weighted by Gasteiger charge is -2.18. The van der Waals surface area contributed by atoms with Crippen molar-refractivity contribution in [2.75, 3.05) is 12.4 Å². The lowest BCUT2D eigenvalue weighted by atomic mass is 10.1. The maximum Gasteiger partial charge on any atom is 0.355 e. The van der Waals surface area contributed by atoms with Crippen molar-refractivity contribution in [3.63, 3.8) is 0 Å². The van der Waals surface area contributed by atoms with Crippen molar-refractivity contribution in [2.45, 2.75) is 13.0 Å². The second kappa shape index (κ2) is 8.88. The summed E-state index contributed by atoms with van der Waals surface area (Å²) in [6.07, 6.45) is 0.242. The van der Waals surface area contributed by atoms with Crippen molar-refractivity contribution >= 4 is 23.3 Å². The number of hydrogen-bond donors (Lipinski definition) is 2. The topological polar surface area (TPSA) is 97.5 Å². The van der Waals surface area contributed by atoms with Crippen LogP contribution in [0.2, 0.25) is 0 Å². The first kappa shape index (κ1) is 19.9. The van der Waals surface area contributed by atoms with E-state index in [0.29, 0.717) is 22.6 Å². The Bertz CT molecular complexity index is 1030. The number of H-pyrrole nitrogens is 1. The Morgan fingerprint density at radius 1 is 1.00 bits per heavy atom. The third-order valence-corrected chi connectivity index (χ3v) is 4.21. The average Bonchev–Trinajstić information content (AvgIpc) is 3.23. The summed E-state index contributed by atoms with van der Waals surface area (Å²) in [7, 11) is 1.53. The van der Waals surface area contributed by atoms with Gasteiger partial charge < -0.3 is 19.8 Å². The molecular formula is C22H20N2O5. The number of amides is 1. The molecule has 148 valence electrons. The molecule has 7 nitrogen and oxygen atoms in total. The molecule has 0 unspecified atom stereocenters. The number of Topliss-reactive ketones (excluding diaryl/α,β-unsaturated/α-hetero) is 1. The van der Waals surface area contributed by atoms with Gasteiger partial charge in [0, 0.05) is 29.1 Å². The zero-order chi connectivity index (χ0) is 20.8. The van der Waals surface area contributed by atoms with Crippen LogP contribution in [0.15, 0.2) is 66.9 Å². The molecule has 1 atom stereocenters. The number of aromatic amines is 1. The van der Waals surface area contributed by atoms with Crippen LogP contribution >= 0.6 is 0 Å². The van der Waals surface area contributed by atoms with E-state index in [2.05, 4.69) is 10.3 Å². The van der Waals surface area contributed by atoms with E-state index in [1.54, 1.807) is 54.6 Å². The Morgan fingerprint density at radius 2 is 1.76 bits per heavy atom. The molecule has 1 aromatic heterocycles. The molecule has 0 saturated heterocycles. The predicted molar refractivity (Wildman–Crippen MR) is 107 cm³/mol. The van der Waals surface area contributed by atoms with Gasteiger partial charge in [-0.25, -0.2) is 4.79 Å². The standard InChI is InChI=1S/C22H20N2O5/c1-14(25)16-11-19(23-13-16)22(27)29-20(15-7-4-3-5-8-15)21(26)24-17-9-6-10-18(12-17)28-2/h3-13,20,23H,1-2H3,(H,24,26)/t20-/m1/s1.